The summed E-state index contributed by atoms with van der Waals surface area (Å²) in [7, 11) is -2.73. The van der Waals surface area contributed by atoms with Crippen LogP contribution in [0.2, 0.25) is 0 Å². The largest absolute Gasteiger partial charge is 0.497 e. The first-order valence-electron chi connectivity index (χ1n) is 12.5. The molecule has 1 atom stereocenters. The van der Waals surface area contributed by atoms with Gasteiger partial charge in [0.25, 0.3) is 5.91 Å². The molecule has 222 valence electrons. The fraction of sp³-hybridized carbons (Fsp3) is 0.609. The van der Waals surface area contributed by atoms with E-state index in [1.54, 1.807) is 25.5 Å². The number of hydrogen-bond acceptors (Lipinski definition) is 11. The van der Waals surface area contributed by atoms with Crippen molar-refractivity contribution in [1.29, 1.82) is 0 Å². The number of azide groups is 1. The first kappa shape index (κ1) is 32.9. The standard InChI is InChI=1S/C23H36N8O8S/c1-18(2)22(23(32)27-33)31(40(34,35)21-6-4-20(36-3)5-7-21)17-19-16-30(29-26-19)9-11-38-13-15-39-14-12-37-10-8-25-28-24/h4-7,16,18,22,33H,8-15,17H2,1-3H3,(H,27,32)/t22-/m1/s1. The fourth-order valence-corrected chi connectivity index (χ4v) is 5.27. The van der Waals surface area contributed by atoms with Gasteiger partial charge in [-0.15, -0.1) is 5.10 Å². The smallest absolute Gasteiger partial charge is 0.262 e. The molecule has 0 saturated heterocycles. The minimum absolute atomic E-state index is 0.0487. The lowest BCUT2D eigenvalue weighted by Gasteiger charge is -2.31. The van der Waals surface area contributed by atoms with Crippen molar-refractivity contribution in [3.8, 4) is 5.75 Å². The number of nitrogens with one attached hydrogen (secondary N) is 1. The van der Waals surface area contributed by atoms with E-state index in [1.807, 2.05) is 0 Å². The van der Waals surface area contributed by atoms with E-state index in [1.165, 1.54) is 36.1 Å². The van der Waals surface area contributed by atoms with Gasteiger partial charge in [0.1, 0.15) is 11.8 Å². The molecule has 0 aliphatic carbocycles. The number of carbonyl (C=O) groups is 1. The van der Waals surface area contributed by atoms with Crippen molar-refractivity contribution in [2.24, 2.45) is 11.0 Å². The van der Waals surface area contributed by atoms with Gasteiger partial charge >= 0.3 is 0 Å². The molecular weight excluding hydrogens is 548 g/mol. The normalized spacial score (nSPS) is 12.3. The molecule has 0 aliphatic rings. The van der Waals surface area contributed by atoms with Gasteiger partial charge in [-0.05, 0) is 35.7 Å². The molecule has 0 saturated carbocycles. The third kappa shape index (κ3) is 10.3. The monoisotopic (exact) mass is 584 g/mol. The van der Waals surface area contributed by atoms with Gasteiger partial charge in [-0.1, -0.05) is 24.2 Å². The molecule has 1 aromatic carbocycles. The summed E-state index contributed by atoms with van der Waals surface area (Å²) in [6.45, 7) is 5.84. The van der Waals surface area contributed by atoms with Crippen LogP contribution in [-0.2, 0) is 42.1 Å². The number of sulfonamides is 1. The topological polar surface area (TPSA) is 203 Å². The summed E-state index contributed by atoms with van der Waals surface area (Å²) < 4.78 is 51.0. The van der Waals surface area contributed by atoms with E-state index in [0.29, 0.717) is 57.6 Å². The minimum atomic E-state index is -4.19. The Balaban J connectivity index is 1.96. The summed E-state index contributed by atoms with van der Waals surface area (Å²) in [4.78, 5) is 15.1. The number of ether oxygens (including phenoxy) is 4. The minimum Gasteiger partial charge on any atom is -0.497 e. The van der Waals surface area contributed by atoms with Crippen LogP contribution in [0, 0.1) is 5.92 Å². The molecule has 0 unspecified atom stereocenters. The number of aromatic nitrogens is 3. The first-order valence-corrected chi connectivity index (χ1v) is 13.9. The maximum absolute atomic E-state index is 13.6. The Morgan fingerprint density at radius 3 is 2.33 bits per heavy atom. The van der Waals surface area contributed by atoms with Gasteiger partial charge in [-0.2, -0.15) is 4.31 Å². The second-order valence-corrected chi connectivity index (χ2v) is 10.5. The maximum Gasteiger partial charge on any atom is 0.262 e. The predicted octanol–water partition coefficient (Wildman–Crippen LogP) is 1.37. The van der Waals surface area contributed by atoms with E-state index in [2.05, 4.69) is 20.3 Å². The molecule has 1 amide bonds. The maximum atomic E-state index is 13.6. The Labute approximate surface area is 232 Å². The first-order chi connectivity index (χ1) is 19.2. The number of hydroxylamine groups is 1. The van der Waals surface area contributed by atoms with Crippen LogP contribution in [0.5, 0.6) is 5.75 Å². The number of methoxy groups -OCH3 is 1. The van der Waals surface area contributed by atoms with E-state index >= 15 is 0 Å². The molecule has 0 bridgehead atoms. The molecule has 0 spiro atoms. The van der Waals surface area contributed by atoms with Gasteiger partial charge in [0.2, 0.25) is 10.0 Å². The molecule has 2 N–H and O–H groups in total. The zero-order valence-corrected chi connectivity index (χ0v) is 23.6. The molecule has 16 nitrogen and oxygen atoms in total. The molecule has 1 heterocycles. The lowest BCUT2D eigenvalue weighted by atomic mass is 10.0. The highest BCUT2D eigenvalue weighted by Gasteiger charge is 2.38. The molecule has 1 aromatic heterocycles. The van der Waals surface area contributed by atoms with Crippen LogP contribution < -0.4 is 10.2 Å². The summed E-state index contributed by atoms with van der Waals surface area (Å²) in [6, 6.07) is 4.55. The lowest BCUT2D eigenvalue weighted by Crippen LogP contribution is -2.51. The van der Waals surface area contributed by atoms with Gasteiger partial charge in [0.15, 0.2) is 0 Å². The van der Waals surface area contributed by atoms with Crippen molar-refractivity contribution >= 4 is 15.9 Å². The van der Waals surface area contributed by atoms with Crippen molar-refractivity contribution in [2.45, 2.75) is 37.9 Å². The Morgan fingerprint density at radius 2 is 1.75 bits per heavy atom. The van der Waals surface area contributed by atoms with Gasteiger partial charge in [0.05, 0.1) is 70.4 Å². The number of nitrogens with zero attached hydrogens (tertiary/aromatic N) is 7. The molecule has 0 aliphatic heterocycles. The van der Waals surface area contributed by atoms with E-state index < -0.39 is 27.9 Å². The highest BCUT2D eigenvalue weighted by molar-refractivity contribution is 7.89. The van der Waals surface area contributed by atoms with Crippen molar-refractivity contribution in [3.05, 3.63) is 46.6 Å². The zero-order chi connectivity index (χ0) is 29.4. The van der Waals surface area contributed by atoms with Crippen molar-refractivity contribution < 1.29 is 37.4 Å². The summed E-state index contributed by atoms with van der Waals surface area (Å²) in [5.41, 5.74) is 10.0. The van der Waals surface area contributed by atoms with Gasteiger partial charge < -0.3 is 18.9 Å². The average Bonchev–Trinajstić information content (AvgIpc) is 3.40. The van der Waals surface area contributed by atoms with Gasteiger partial charge in [0, 0.05) is 17.7 Å². The second kappa shape index (κ2) is 17.4. The van der Waals surface area contributed by atoms with E-state index in [-0.39, 0.29) is 18.0 Å². The molecule has 40 heavy (non-hydrogen) atoms. The molecule has 0 radical (unpaired) electrons. The molecule has 0 fully saturated rings. The quantitative estimate of drug-likeness (QED) is 0.0571. The number of amides is 1. The summed E-state index contributed by atoms with van der Waals surface area (Å²) in [5, 5.41) is 20.8. The lowest BCUT2D eigenvalue weighted by molar-refractivity contribution is -0.134. The SMILES string of the molecule is COc1ccc(S(=O)(=O)N(Cc2cn(CCOCCOCCOCCN=[N+]=[N-])nn2)[C@@H](C(=O)NO)C(C)C)cc1. The van der Waals surface area contributed by atoms with Crippen LogP contribution in [0.25, 0.3) is 10.4 Å². The van der Waals surface area contributed by atoms with Crippen LogP contribution in [0.1, 0.15) is 19.5 Å². The summed E-state index contributed by atoms with van der Waals surface area (Å²) >= 11 is 0. The van der Waals surface area contributed by atoms with E-state index in [4.69, 9.17) is 24.5 Å². The van der Waals surface area contributed by atoms with Crippen LogP contribution in [0.15, 0.2) is 40.5 Å². The third-order valence-electron chi connectivity index (χ3n) is 5.50. The van der Waals surface area contributed by atoms with Gasteiger partial charge in [-0.25, -0.2) is 18.6 Å². The zero-order valence-electron chi connectivity index (χ0n) is 22.7. The van der Waals surface area contributed by atoms with Crippen molar-refractivity contribution in [1.82, 2.24) is 24.8 Å². The number of rotatable bonds is 20. The van der Waals surface area contributed by atoms with E-state index in [0.717, 1.165) is 4.31 Å². The van der Waals surface area contributed by atoms with Crippen molar-refractivity contribution in [2.75, 3.05) is 53.3 Å². The highest BCUT2D eigenvalue weighted by atomic mass is 32.2. The van der Waals surface area contributed by atoms with Crippen LogP contribution in [0.4, 0.5) is 0 Å². The fourth-order valence-electron chi connectivity index (χ4n) is 3.58. The van der Waals surface area contributed by atoms with Gasteiger partial charge in [-0.3, -0.25) is 10.0 Å². The molecule has 17 heteroatoms. The Bertz CT molecular complexity index is 1190. The Kier molecular flexibility index (Phi) is 14.3. The van der Waals surface area contributed by atoms with Crippen LogP contribution in [0.3, 0.4) is 0 Å². The molecule has 2 rings (SSSR count). The molecule has 2 aromatic rings. The number of hydrogen-bond donors (Lipinski definition) is 2. The molecular formula is C23H36N8O8S. The summed E-state index contributed by atoms with van der Waals surface area (Å²) in [6.07, 6.45) is 1.57. The van der Waals surface area contributed by atoms with Crippen molar-refractivity contribution in [3.63, 3.8) is 0 Å². The summed E-state index contributed by atoms with van der Waals surface area (Å²) in [5.74, 6) is -0.867. The van der Waals surface area contributed by atoms with E-state index in [9.17, 15) is 18.4 Å². The average molecular weight is 585 g/mol. The predicted molar refractivity (Wildman–Crippen MR) is 141 cm³/mol. The Hall–Kier alpha value is -3.31. The Morgan fingerprint density at radius 1 is 1.12 bits per heavy atom. The number of carbonyl (C=O) groups excluding carboxylic acids is 1. The van der Waals surface area contributed by atoms with Crippen LogP contribution in [-0.4, -0.2) is 98.2 Å². The highest BCUT2D eigenvalue weighted by Crippen LogP contribution is 2.26. The van der Waals surface area contributed by atoms with Crippen LogP contribution >= 0.6 is 0 Å². The number of benzene rings is 1. The second-order valence-electron chi connectivity index (χ2n) is 8.66. The third-order valence-corrected chi connectivity index (χ3v) is 7.34.